The molecule has 2 heterocycles. The number of likely N-dealkylation sites (tertiary alicyclic amines) is 1. The molecule has 4 heteroatoms. The highest BCUT2D eigenvalue weighted by atomic mass is 16.3. The minimum Gasteiger partial charge on any atom is -0.374 e. The maximum atomic E-state index is 11.6. The summed E-state index contributed by atoms with van der Waals surface area (Å²) in [6.07, 6.45) is 5.06. The Kier molecular flexibility index (Phi) is 3.59. The second-order valence-electron chi connectivity index (χ2n) is 4.54. The first-order valence-electron chi connectivity index (χ1n) is 5.98. The molecule has 15 heavy (non-hydrogen) atoms. The third-order valence-electron chi connectivity index (χ3n) is 3.41. The topological polar surface area (TPSA) is 52.6 Å². The Balaban J connectivity index is 1.78. The molecule has 2 atom stereocenters. The summed E-state index contributed by atoms with van der Waals surface area (Å²) in [7, 11) is 0. The molecule has 1 amide bonds. The van der Waals surface area contributed by atoms with Gasteiger partial charge in [0.25, 0.3) is 0 Å². The van der Waals surface area contributed by atoms with Gasteiger partial charge in [-0.2, -0.15) is 0 Å². The minimum atomic E-state index is -0.535. The summed E-state index contributed by atoms with van der Waals surface area (Å²) in [4.78, 5) is 13.2. The van der Waals surface area contributed by atoms with E-state index in [9.17, 15) is 9.90 Å². The Hall–Kier alpha value is -0.610. The van der Waals surface area contributed by atoms with Crippen LogP contribution in [-0.4, -0.2) is 41.3 Å². The van der Waals surface area contributed by atoms with Gasteiger partial charge in [0.05, 0.1) is 0 Å². The van der Waals surface area contributed by atoms with Crippen molar-refractivity contribution < 1.29 is 9.90 Å². The summed E-state index contributed by atoms with van der Waals surface area (Å²) in [5.74, 6) is 0.117. The lowest BCUT2D eigenvalue weighted by atomic mass is 10.1. The number of nitrogens with one attached hydrogen (secondary N) is 1. The number of amides is 1. The maximum Gasteiger partial charge on any atom is 0.224 e. The van der Waals surface area contributed by atoms with Crippen LogP contribution >= 0.6 is 0 Å². The van der Waals surface area contributed by atoms with Gasteiger partial charge in [-0.25, -0.2) is 0 Å². The summed E-state index contributed by atoms with van der Waals surface area (Å²) in [6, 6.07) is 0.548. The molecule has 0 saturated carbocycles. The normalized spacial score (nSPS) is 32.3. The monoisotopic (exact) mass is 212 g/mol. The van der Waals surface area contributed by atoms with Crippen LogP contribution in [0.4, 0.5) is 0 Å². The molecule has 0 aromatic heterocycles. The number of aliphatic hydroxyl groups is 1. The fourth-order valence-corrected chi connectivity index (χ4v) is 2.47. The van der Waals surface area contributed by atoms with Crippen molar-refractivity contribution in [3.05, 3.63) is 0 Å². The number of carbonyl (C=O) groups excluding carboxylic acids is 1. The Morgan fingerprint density at radius 3 is 2.93 bits per heavy atom. The zero-order valence-electron chi connectivity index (χ0n) is 9.11. The highest BCUT2D eigenvalue weighted by molar-refractivity contribution is 5.77. The highest BCUT2D eigenvalue weighted by Crippen LogP contribution is 2.18. The number of hydrogen-bond acceptors (Lipinski definition) is 3. The van der Waals surface area contributed by atoms with E-state index in [4.69, 9.17) is 0 Å². The van der Waals surface area contributed by atoms with Crippen molar-refractivity contribution in [1.29, 1.82) is 0 Å². The van der Waals surface area contributed by atoms with Crippen LogP contribution in [0.2, 0.25) is 0 Å². The van der Waals surface area contributed by atoms with Crippen LogP contribution in [-0.2, 0) is 4.79 Å². The summed E-state index contributed by atoms with van der Waals surface area (Å²) in [5, 5.41) is 13.1. The van der Waals surface area contributed by atoms with E-state index in [1.54, 1.807) is 4.90 Å². The molecule has 2 aliphatic rings. The Morgan fingerprint density at radius 1 is 1.40 bits per heavy atom. The van der Waals surface area contributed by atoms with Crippen LogP contribution in [0.5, 0.6) is 0 Å². The molecule has 0 aliphatic carbocycles. The summed E-state index contributed by atoms with van der Waals surface area (Å²) in [6.45, 7) is 1.80. The standard InChI is InChI=1S/C11H20N2O2/c14-10-4-1-5-11(15)13(10)8-6-9-3-2-7-12-9/h9-10,12,14H,1-8H2. The van der Waals surface area contributed by atoms with Gasteiger partial charge in [0.15, 0.2) is 0 Å². The Morgan fingerprint density at radius 2 is 2.27 bits per heavy atom. The predicted molar refractivity (Wildman–Crippen MR) is 57.2 cm³/mol. The average molecular weight is 212 g/mol. The van der Waals surface area contributed by atoms with Crippen molar-refractivity contribution in [3.63, 3.8) is 0 Å². The molecule has 2 rings (SSSR count). The average Bonchev–Trinajstić information content (AvgIpc) is 2.70. The molecule has 2 fully saturated rings. The lowest BCUT2D eigenvalue weighted by Crippen LogP contribution is -2.45. The van der Waals surface area contributed by atoms with Gasteiger partial charge < -0.3 is 15.3 Å². The second-order valence-corrected chi connectivity index (χ2v) is 4.54. The number of piperidine rings is 1. The quantitative estimate of drug-likeness (QED) is 0.714. The molecule has 86 valence electrons. The molecule has 0 bridgehead atoms. The number of carbonyl (C=O) groups is 1. The lowest BCUT2D eigenvalue weighted by Gasteiger charge is -2.32. The van der Waals surface area contributed by atoms with Gasteiger partial charge in [0.1, 0.15) is 6.23 Å². The summed E-state index contributed by atoms with van der Waals surface area (Å²) >= 11 is 0. The van der Waals surface area contributed by atoms with E-state index in [1.807, 2.05) is 0 Å². The predicted octanol–water partition coefficient (Wildman–Crippen LogP) is 0.459. The zero-order valence-corrected chi connectivity index (χ0v) is 9.11. The molecule has 0 radical (unpaired) electrons. The molecule has 0 aromatic carbocycles. The molecule has 0 spiro atoms. The summed E-state index contributed by atoms with van der Waals surface area (Å²) < 4.78 is 0. The first-order valence-corrected chi connectivity index (χ1v) is 5.98. The first-order chi connectivity index (χ1) is 7.27. The van der Waals surface area contributed by atoms with Gasteiger partial charge in [-0.05, 0) is 38.6 Å². The largest absolute Gasteiger partial charge is 0.374 e. The van der Waals surface area contributed by atoms with E-state index < -0.39 is 6.23 Å². The molecular weight excluding hydrogens is 192 g/mol. The number of aliphatic hydroxyl groups excluding tert-OH is 1. The van der Waals surface area contributed by atoms with E-state index in [0.717, 1.165) is 25.8 Å². The fraction of sp³-hybridized carbons (Fsp3) is 0.909. The third kappa shape index (κ3) is 2.69. The van der Waals surface area contributed by atoms with Gasteiger partial charge >= 0.3 is 0 Å². The van der Waals surface area contributed by atoms with E-state index in [1.165, 1.54) is 12.8 Å². The van der Waals surface area contributed by atoms with Crippen LogP contribution in [0.25, 0.3) is 0 Å². The van der Waals surface area contributed by atoms with Crippen LogP contribution in [0, 0.1) is 0 Å². The van der Waals surface area contributed by atoms with Crippen LogP contribution < -0.4 is 5.32 Å². The second kappa shape index (κ2) is 4.94. The smallest absolute Gasteiger partial charge is 0.224 e. The first kappa shape index (κ1) is 10.9. The van der Waals surface area contributed by atoms with Crippen molar-refractivity contribution in [2.24, 2.45) is 0 Å². The van der Waals surface area contributed by atoms with Gasteiger partial charge in [0.2, 0.25) is 5.91 Å². The van der Waals surface area contributed by atoms with Gasteiger partial charge in [-0.15, -0.1) is 0 Å². The van der Waals surface area contributed by atoms with Gasteiger partial charge in [-0.1, -0.05) is 0 Å². The Bertz CT molecular complexity index is 227. The van der Waals surface area contributed by atoms with E-state index >= 15 is 0 Å². The molecule has 4 nitrogen and oxygen atoms in total. The van der Waals surface area contributed by atoms with Gasteiger partial charge in [-0.3, -0.25) is 4.79 Å². The van der Waals surface area contributed by atoms with Crippen molar-refractivity contribution in [1.82, 2.24) is 10.2 Å². The van der Waals surface area contributed by atoms with Crippen molar-refractivity contribution in [3.8, 4) is 0 Å². The molecular formula is C11H20N2O2. The maximum absolute atomic E-state index is 11.6. The SMILES string of the molecule is O=C1CCCC(O)N1CCC1CCCN1. The van der Waals surface area contributed by atoms with Crippen LogP contribution in [0.3, 0.4) is 0 Å². The molecule has 0 aromatic rings. The van der Waals surface area contributed by atoms with Crippen molar-refractivity contribution >= 4 is 5.91 Å². The minimum absolute atomic E-state index is 0.117. The third-order valence-corrected chi connectivity index (χ3v) is 3.41. The van der Waals surface area contributed by atoms with E-state index in [0.29, 0.717) is 19.0 Å². The zero-order chi connectivity index (χ0) is 10.7. The van der Waals surface area contributed by atoms with Crippen LogP contribution in [0.1, 0.15) is 38.5 Å². The van der Waals surface area contributed by atoms with E-state index in [2.05, 4.69) is 5.32 Å². The summed E-state index contributed by atoms with van der Waals surface area (Å²) in [5.41, 5.74) is 0. The van der Waals surface area contributed by atoms with Gasteiger partial charge in [0, 0.05) is 19.0 Å². The highest BCUT2D eigenvalue weighted by Gasteiger charge is 2.26. The molecule has 2 unspecified atom stereocenters. The van der Waals surface area contributed by atoms with Crippen molar-refractivity contribution in [2.75, 3.05) is 13.1 Å². The number of rotatable bonds is 3. The van der Waals surface area contributed by atoms with Crippen molar-refractivity contribution in [2.45, 2.75) is 50.8 Å². The Labute approximate surface area is 90.6 Å². The van der Waals surface area contributed by atoms with E-state index in [-0.39, 0.29) is 5.91 Å². The molecule has 2 N–H and O–H groups in total. The number of hydrogen-bond donors (Lipinski definition) is 2. The molecule has 2 saturated heterocycles. The van der Waals surface area contributed by atoms with Crippen LogP contribution in [0.15, 0.2) is 0 Å². The fourth-order valence-electron chi connectivity index (χ4n) is 2.47. The number of nitrogens with zero attached hydrogens (tertiary/aromatic N) is 1. The molecule has 2 aliphatic heterocycles. The lowest BCUT2D eigenvalue weighted by molar-refractivity contribution is -0.146.